The summed E-state index contributed by atoms with van der Waals surface area (Å²) in [7, 11) is -2.42. The molecule has 2 aromatic carbocycles. The molecule has 1 aliphatic heterocycles. The largest absolute Gasteiger partial charge is 0.490 e. The average molecular weight is 953 g/mol. The molecule has 1 heterocycles. The predicted octanol–water partition coefficient (Wildman–Crippen LogP) is 2.33. The van der Waals surface area contributed by atoms with Crippen LogP contribution < -0.4 is 15.4 Å². The fourth-order valence-corrected chi connectivity index (χ4v) is 8.66. The number of carbonyl (C=O) groups excluding carboxylic acids is 3. The summed E-state index contributed by atoms with van der Waals surface area (Å²) in [6, 6.07) is 11.7. The number of sulfonamides is 1. The molecular formula is C44H62ClN5O14S. The van der Waals surface area contributed by atoms with Gasteiger partial charge in [0.25, 0.3) is 0 Å². The van der Waals surface area contributed by atoms with Crippen molar-refractivity contribution in [3.63, 3.8) is 0 Å². The topological polar surface area (TPSA) is 257 Å². The van der Waals surface area contributed by atoms with Gasteiger partial charge in [0.05, 0.1) is 42.5 Å². The Balaban J connectivity index is 1.21. The van der Waals surface area contributed by atoms with Crippen LogP contribution in [0.5, 0.6) is 5.75 Å². The first kappa shape index (κ1) is 51.5. The maximum Gasteiger partial charge on any atom is 0.411 e. The number of aliphatic hydroxyl groups is 5. The van der Waals surface area contributed by atoms with Crippen molar-refractivity contribution in [1.82, 2.24) is 24.7 Å². The Morgan fingerprint density at radius 1 is 0.985 bits per heavy atom. The number of amides is 3. The van der Waals surface area contributed by atoms with Gasteiger partial charge in [0.2, 0.25) is 10.0 Å². The number of nitrogens with zero attached hydrogens (tertiary/aromatic N) is 3. The number of esters is 1. The summed E-state index contributed by atoms with van der Waals surface area (Å²) >= 11 is 6.68. The van der Waals surface area contributed by atoms with E-state index in [1.165, 1.54) is 34.3 Å². The molecular weight excluding hydrogens is 890 g/mol. The molecule has 7 N–H and O–H groups in total. The van der Waals surface area contributed by atoms with Gasteiger partial charge < -0.3 is 64.9 Å². The Kier molecular flexibility index (Phi) is 18.8. The lowest BCUT2D eigenvalue weighted by molar-refractivity contribution is -0.141. The maximum atomic E-state index is 13.9. The molecule has 0 unspecified atom stereocenters. The number of carbonyl (C=O) groups is 3. The zero-order valence-corrected chi connectivity index (χ0v) is 38.5. The summed E-state index contributed by atoms with van der Waals surface area (Å²) in [6.07, 6.45) is 0.738. The van der Waals surface area contributed by atoms with Gasteiger partial charge in [-0.1, -0.05) is 42.8 Å². The van der Waals surface area contributed by atoms with Crippen LogP contribution in [0.3, 0.4) is 0 Å². The number of para-hydroxylation sites is 1. The minimum atomic E-state index is -3.98. The van der Waals surface area contributed by atoms with E-state index in [1.54, 1.807) is 14.0 Å². The number of hydrogen-bond acceptors (Lipinski definition) is 15. The van der Waals surface area contributed by atoms with Gasteiger partial charge in [0, 0.05) is 69.1 Å². The summed E-state index contributed by atoms with van der Waals surface area (Å²) in [5.41, 5.74) is 2.38. The van der Waals surface area contributed by atoms with Gasteiger partial charge in [0.15, 0.2) is 6.73 Å². The second-order valence-corrected chi connectivity index (χ2v) is 18.6. The molecule has 0 bridgehead atoms. The Labute approximate surface area is 384 Å². The van der Waals surface area contributed by atoms with E-state index in [4.69, 9.17) is 35.7 Å². The third kappa shape index (κ3) is 14.5. The number of benzene rings is 2. The van der Waals surface area contributed by atoms with Gasteiger partial charge >= 0.3 is 18.1 Å². The standard InChI is InChI=1S/C44H62ClN5O14S/c1-4-50(19-8-7-18-46-42(57)47-24-37(53)40(55)41(56)38(54)26-51)65(59,60)32-13-14-36(45)30(23-32)27-63-44(16-17-44)35-25-49(28-62-43(58)48(3)21-22-61-29(2)52)20-15-33(35)34-9-5-6-10-39(34)64-31-11-12-31/h5-6,9-10,13-15,23,25,31,37-38,40-41,51,53-56H,4,7-8,11-12,16-22,24,26-28H2,1-3H3,(H2,46,47,57)/t37-,38+,40+,41+/m0/s1. The number of hydrogen-bond donors (Lipinski definition) is 7. The lowest BCUT2D eigenvalue weighted by Gasteiger charge is -2.32. The summed E-state index contributed by atoms with van der Waals surface area (Å²) in [6.45, 7) is 2.81. The number of aliphatic hydroxyl groups excluding tert-OH is 5. The number of halogens is 1. The SMILES string of the molecule is CCN(CCCCNC(=O)NC[C@H](O)[C@@H](O)[C@H](O)[C@H](O)CO)S(=O)(=O)c1ccc(Cl)c(COC2(C3=CN(COC(=O)N(C)CCOC(C)=O)CC=C3c3ccccc3OC3CC3)CC2)c1. The second-order valence-electron chi connectivity index (χ2n) is 16.2. The van der Waals surface area contributed by atoms with Gasteiger partial charge in [-0.3, -0.25) is 4.79 Å². The zero-order valence-electron chi connectivity index (χ0n) is 36.9. The molecule has 2 aromatic rings. The highest BCUT2D eigenvalue weighted by atomic mass is 35.5. The lowest BCUT2D eigenvalue weighted by Crippen LogP contribution is -2.50. The molecule has 2 aliphatic carbocycles. The van der Waals surface area contributed by atoms with E-state index in [0.717, 1.165) is 35.3 Å². The Morgan fingerprint density at radius 2 is 1.71 bits per heavy atom. The van der Waals surface area contributed by atoms with Crippen molar-refractivity contribution >= 4 is 45.3 Å². The summed E-state index contributed by atoms with van der Waals surface area (Å²) in [5.74, 6) is 0.313. The average Bonchev–Trinajstić information content (AvgIpc) is 4.25. The number of unbranched alkanes of at least 4 members (excludes halogenated alkanes) is 1. The molecule has 2 fully saturated rings. The number of ether oxygens (including phenoxy) is 4. The van der Waals surface area contributed by atoms with E-state index >= 15 is 0 Å². The van der Waals surface area contributed by atoms with Gasteiger partial charge in [-0.25, -0.2) is 18.0 Å². The van der Waals surface area contributed by atoms with Crippen LogP contribution in [0.15, 0.2) is 65.2 Å². The van der Waals surface area contributed by atoms with Crippen molar-refractivity contribution in [2.45, 2.75) is 100.0 Å². The van der Waals surface area contributed by atoms with Crippen LogP contribution >= 0.6 is 11.6 Å². The fraction of sp³-hybridized carbons (Fsp3) is 0.568. The Hall–Kier alpha value is -4.51. The highest BCUT2D eigenvalue weighted by Crippen LogP contribution is 2.53. The molecule has 3 amide bonds. The normalized spacial score (nSPS) is 17.5. The minimum absolute atomic E-state index is 0.00378. The highest BCUT2D eigenvalue weighted by molar-refractivity contribution is 7.89. The van der Waals surface area contributed by atoms with Crippen molar-refractivity contribution in [2.24, 2.45) is 0 Å². The fourth-order valence-electron chi connectivity index (χ4n) is 6.95. The molecule has 0 saturated heterocycles. The molecule has 0 radical (unpaired) electrons. The number of nitrogens with one attached hydrogen (secondary N) is 2. The van der Waals surface area contributed by atoms with E-state index in [9.17, 15) is 43.2 Å². The van der Waals surface area contributed by atoms with Crippen molar-refractivity contribution in [2.75, 3.05) is 66.3 Å². The van der Waals surface area contributed by atoms with Gasteiger partial charge in [0.1, 0.15) is 30.7 Å². The first-order valence-corrected chi connectivity index (χ1v) is 23.5. The second kappa shape index (κ2) is 23.8. The van der Waals surface area contributed by atoms with Gasteiger partial charge in [-0.2, -0.15) is 4.31 Å². The van der Waals surface area contributed by atoms with Crippen LogP contribution in [0, 0.1) is 0 Å². The summed E-state index contributed by atoms with van der Waals surface area (Å²) in [4.78, 5) is 39.4. The molecule has 3 aliphatic rings. The number of likely N-dealkylation sites (N-methyl/N-ethyl adjacent to an activating group) is 1. The van der Waals surface area contributed by atoms with Crippen LogP contribution in [-0.4, -0.2) is 169 Å². The van der Waals surface area contributed by atoms with Crippen LogP contribution in [-0.2, 0) is 35.6 Å². The van der Waals surface area contributed by atoms with Crippen LogP contribution in [0.1, 0.15) is 63.5 Å². The predicted molar refractivity (Wildman–Crippen MR) is 238 cm³/mol. The molecule has 65 heavy (non-hydrogen) atoms. The van der Waals surface area contributed by atoms with E-state index in [2.05, 4.69) is 16.7 Å². The van der Waals surface area contributed by atoms with Gasteiger partial charge in [-0.15, -0.1) is 0 Å². The van der Waals surface area contributed by atoms with Crippen molar-refractivity contribution in [1.29, 1.82) is 0 Å². The minimum Gasteiger partial charge on any atom is -0.490 e. The zero-order chi connectivity index (χ0) is 47.3. The number of rotatable bonds is 26. The lowest BCUT2D eigenvalue weighted by atomic mass is 9.90. The first-order valence-electron chi connectivity index (χ1n) is 21.7. The molecule has 4 atom stereocenters. The van der Waals surface area contributed by atoms with Crippen LogP contribution in [0.4, 0.5) is 9.59 Å². The third-order valence-electron chi connectivity index (χ3n) is 11.1. The number of urea groups is 1. The van der Waals surface area contributed by atoms with Crippen molar-refractivity contribution in [3.8, 4) is 5.75 Å². The van der Waals surface area contributed by atoms with E-state index in [0.29, 0.717) is 42.8 Å². The quantitative estimate of drug-likeness (QED) is 0.0528. The van der Waals surface area contributed by atoms with Crippen LogP contribution in [0.25, 0.3) is 5.57 Å². The monoisotopic (exact) mass is 951 g/mol. The summed E-state index contributed by atoms with van der Waals surface area (Å²) in [5, 5.41) is 53.3. The van der Waals surface area contributed by atoms with Crippen LogP contribution in [0.2, 0.25) is 5.02 Å². The maximum absolute atomic E-state index is 13.9. The molecule has 21 heteroatoms. The Morgan fingerprint density at radius 3 is 2.38 bits per heavy atom. The van der Waals surface area contributed by atoms with Crippen molar-refractivity contribution in [3.05, 3.63) is 76.5 Å². The molecule has 2 saturated carbocycles. The van der Waals surface area contributed by atoms with E-state index in [-0.39, 0.29) is 57.1 Å². The molecule has 0 aromatic heterocycles. The molecule has 19 nitrogen and oxygen atoms in total. The van der Waals surface area contributed by atoms with E-state index in [1.807, 2.05) is 35.4 Å². The molecule has 0 spiro atoms. The van der Waals surface area contributed by atoms with Gasteiger partial charge in [-0.05, 0) is 73.9 Å². The summed E-state index contributed by atoms with van der Waals surface area (Å²) < 4.78 is 52.8. The molecule has 360 valence electrons. The third-order valence-corrected chi connectivity index (χ3v) is 13.5. The molecule has 5 rings (SSSR count). The van der Waals surface area contributed by atoms with Crippen molar-refractivity contribution < 1.29 is 67.3 Å². The first-order chi connectivity index (χ1) is 31.0. The highest BCUT2D eigenvalue weighted by Gasteiger charge is 2.50. The Bertz CT molecular complexity index is 2120. The smallest absolute Gasteiger partial charge is 0.411 e. The van der Waals surface area contributed by atoms with E-state index < -0.39 is 71.3 Å².